The van der Waals surface area contributed by atoms with Gasteiger partial charge < -0.3 is 14.2 Å². The standard InChI is InChI=1S/C92H64N2O/c1-3-5-25-62(4-2)66-46-51-72(52-47-66)93(74-34-21-32-68(56-74)64-28-11-7-12-29-64)76-58-71(59-77(61-76)94(73-53-48-67(49-54-73)63-26-9-6-10-27-63)75-35-22-33-69(57-75)65-30-13-8-14-31-65)78-39-24-44-87-90(78)84-38-16-19-43-86(84)92(87)85-42-18-15-36-80(85)81-55-50-70(60-88(81)92)79-40-23-41-83-82-37-17-20-45-89(82)95-91(79)83/h3-61H,1H2,2H3/b25-5-,62-4+. The highest BCUT2D eigenvalue weighted by Crippen LogP contribution is 2.65. The van der Waals surface area contributed by atoms with Crippen molar-refractivity contribution in [3.8, 4) is 77.9 Å². The molecule has 448 valence electrons. The number of benzene rings is 14. The topological polar surface area (TPSA) is 19.6 Å². The van der Waals surface area contributed by atoms with Crippen molar-refractivity contribution in [2.75, 3.05) is 9.80 Å². The molecule has 0 N–H and O–H groups in total. The Labute approximate surface area is 555 Å². The molecule has 0 aliphatic heterocycles. The van der Waals surface area contributed by atoms with Gasteiger partial charge in [0, 0.05) is 50.5 Å². The molecule has 95 heavy (non-hydrogen) atoms. The molecule has 17 rings (SSSR count). The summed E-state index contributed by atoms with van der Waals surface area (Å²) in [6.07, 6.45) is 8.11. The van der Waals surface area contributed by atoms with E-state index in [1.807, 2.05) is 12.2 Å². The van der Waals surface area contributed by atoms with Gasteiger partial charge in [-0.05, 0) is 192 Å². The van der Waals surface area contributed by atoms with Gasteiger partial charge in [0.1, 0.15) is 11.2 Å². The maximum atomic E-state index is 6.77. The second-order valence-corrected chi connectivity index (χ2v) is 24.7. The van der Waals surface area contributed by atoms with Crippen LogP contribution in [-0.4, -0.2) is 0 Å². The minimum absolute atomic E-state index is 0.658. The molecule has 1 atom stereocenters. The first-order valence-corrected chi connectivity index (χ1v) is 32.7. The fourth-order valence-electron chi connectivity index (χ4n) is 15.2. The molecule has 0 saturated heterocycles. The van der Waals surface area contributed by atoms with Gasteiger partial charge in [-0.3, -0.25) is 0 Å². The van der Waals surface area contributed by atoms with Gasteiger partial charge in [0.2, 0.25) is 0 Å². The summed E-state index contributed by atoms with van der Waals surface area (Å²) < 4.78 is 6.77. The van der Waals surface area contributed by atoms with Gasteiger partial charge in [-0.1, -0.05) is 286 Å². The van der Waals surface area contributed by atoms with E-state index in [9.17, 15) is 0 Å². The molecule has 2 aliphatic carbocycles. The average molecular weight is 1210 g/mol. The van der Waals surface area contributed by atoms with Crippen molar-refractivity contribution < 1.29 is 4.42 Å². The molecule has 1 aromatic heterocycles. The van der Waals surface area contributed by atoms with Crippen molar-refractivity contribution in [1.82, 2.24) is 0 Å². The minimum atomic E-state index is -0.658. The molecule has 0 saturated carbocycles. The smallest absolute Gasteiger partial charge is 0.143 e. The van der Waals surface area contributed by atoms with Crippen molar-refractivity contribution in [1.29, 1.82) is 0 Å². The largest absolute Gasteiger partial charge is 0.455 e. The fourth-order valence-corrected chi connectivity index (χ4v) is 15.2. The Morgan fingerprint density at radius 2 is 0.789 bits per heavy atom. The van der Waals surface area contributed by atoms with E-state index in [4.69, 9.17) is 4.42 Å². The zero-order valence-corrected chi connectivity index (χ0v) is 52.6. The summed E-state index contributed by atoms with van der Waals surface area (Å²) in [6.45, 7) is 6.07. The highest BCUT2D eigenvalue weighted by molar-refractivity contribution is 6.10. The van der Waals surface area contributed by atoms with Crippen LogP contribution in [0.1, 0.15) is 34.7 Å². The summed E-state index contributed by atoms with van der Waals surface area (Å²) in [7, 11) is 0. The summed E-state index contributed by atoms with van der Waals surface area (Å²) in [5.74, 6) is 0. The Balaban J connectivity index is 0.931. The van der Waals surface area contributed by atoms with Crippen LogP contribution in [-0.2, 0) is 5.41 Å². The molecule has 1 spiro atoms. The third-order valence-corrected chi connectivity index (χ3v) is 19.4. The first-order chi connectivity index (χ1) is 47.0. The van der Waals surface area contributed by atoms with Gasteiger partial charge in [0.15, 0.2) is 0 Å². The van der Waals surface area contributed by atoms with Crippen molar-refractivity contribution >= 4 is 61.6 Å². The normalized spacial score (nSPS) is 13.6. The Kier molecular flexibility index (Phi) is 14.2. The van der Waals surface area contributed by atoms with Crippen LogP contribution in [0.2, 0.25) is 0 Å². The maximum Gasteiger partial charge on any atom is 0.143 e. The van der Waals surface area contributed by atoms with E-state index in [0.29, 0.717) is 0 Å². The third-order valence-electron chi connectivity index (χ3n) is 19.4. The fraction of sp³-hybridized carbons (Fsp3) is 0.0217. The monoisotopic (exact) mass is 1210 g/mol. The molecular weight excluding hydrogens is 1150 g/mol. The van der Waals surface area contributed by atoms with Gasteiger partial charge in [0.05, 0.1) is 5.41 Å². The predicted octanol–water partition coefficient (Wildman–Crippen LogP) is 25.3. The Bertz CT molecular complexity index is 5500. The maximum absolute atomic E-state index is 6.77. The number of furan rings is 1. The number of rotatable bonds is 14. The molecule has 14 aromatic carbocycles. The van der Waals surface area contributed by atoms with Crippen LogP contribution in [0.5, 0.6) is 0 Å². The lowest BCUT2D eigenvalue weighted by atomic mass is 9.70. The summed E-state index contributed by atoms with van der Waals surface area (Å²) in [5.41, 5.74) is 30.8. The van der Waals surface area contributed by atoms with Crippen LogP contribution in [0.4, 0.5) is 34.1 Å². The molecule has 0 amide bonds. The average Bonchev–Trinajstić information content (AvgIpc) is 1.51. The number of hydrogen-bond donors (Lipinski definition) is 0. The molecule has 15 aromatic rings. The number of fused-ring (bicyclic) bond motifs is 13. The summed E-state index contributed by atoms with van der Waals surface area (Å²) in [5, 5.41) is 2.24. The number of para-hydroxylation sites is 2. The summed E-state index contributed by atoms with van der Waals surface area (Å²) in [4.78, 5) is 4.90. The van der Waals surface area contributed by atoms with Crippen LogP contribution in [0, 0.1) is 0 Å². The lowest BCUT2D eigenvalue weighted by Gasteiger charge is -2.32. The highest BCUT2D eigenvalue weighted by atomic mass is 16.3. The van der Waals surface area contributed by atoms with E-state index in [1.54, 1.807) is 0 Å². The van der Waals surface area contributed by atoms with E-state index in [1.165, 1.54) is 50.1 Å². The Hall–Kier alpha value is -12.3. The van der Waals surface area contributed by atoms with E-state index in [0.717, 1.165) is 117 Å². The van der Waals surface area contributed by atoms with E-state index < -0.39 is 5.41 Å². The van der Waals surface area contributed by atoms with Crippen molar-refractivity contribution in [2.24, 2.45) is 0 Å². The van der Waals surface area contributed by atoms with Crippen molar-refractivity contribution in [2.45, 2.75) is 12.3 Å². The number of hydrogen-bond acceptors (Lipinski definition) is 3. The Morgan fingerprint density at radius 1 is 0.326 bits per heavy atom. The van der Waals surface area contributed by atoms with E-state index in [2.05, 4.69) is 369 Å². The second kappa shape index (κ2) is 23.7. The molecular formula is C92H64N2O. The molecule has 0 fully saturated rings. The molecule has 3 heteroatoms. The van der Waals surface area contributed by atoms with Gasteiger partial charge in [-0.2, -0.15) is 0 Å². The van der Waals surface area contributed by atoms with E-state index in [-0.39, 0.29) is 0 Å². The SMILES string of the molecule is C=C/C=C\C(=C/C)c1ccc(N(c2cccc(-c3ccccc3)c2)c2cc(-c3cccc4c3-c3ccccc3C43c4ccccc4-c4ccc(-c5cccc6c5oc5ccccc56)cc43)cc(N(c3ccc(-c4ccccc4)cc3)c3cccc(-c4ccccc4)c3)c2)cc1. The second-order valence-electron chi connectivity index (χ2n) is 24.7. The zero-order chi connectivity index (χ0) is 63.4. The molecule has 2 aliphatic rings. The predicted molar refractivity (Wildman–Crippen MR) is 400 cm³/mol. The van der Waals surface area contributed by atoms with Crippen LogP contribution in [0.25, 0.3) is 105 Å². The van der Waals surface area contributed by atoms with Gasteiger partial charge in [-0.15, -0.1) is 0 Å². The molecule has 1 heterocycles. The Morgan fingerprint density at radius 3 is 1.43 bits per heavy atom. The van der Waals surface area contributed by atoms with Gasteiger partial charge >= 0.3 is 0 Å². The van der Waals surface area contributed by atoms with Crippen molar-refractivity contribution in [3.63, 3.8) is 0 Å². The lowest BCUT2D eigenvalue weighted by Crippen LogP contribution is -2.25. The van der Waals surface area contributed by atoms with Gasteiger partial charge in [-0.25, -0.2) is 0 Å². The highest BCUT2D eigenvalue weighted by Gasteiger charge is 2.52. The quantitative estimate of drug-likeness (QED) is 0.101. The number of anilines is 6. The van der Waals surface area contributed by atoms with Crippen LogP contribution >= 0.6 is 0 Å². The molecule has 1 unspecified atom stereocenters. The minimum Gasteiger partial charge on any atom is -0.455 e. The molecule has 0 radical (unpaired) electrons. The van der Waals surface area contributed by atoms with Gasteiger partial charge in [0.25, 0.3) is 0 Å². The first-order valence-electron chi connectivity index (χ1n) is 32.7. The van der Waals surface area contributed by atoms with Crippen molar-refractivity contribution in [3.05, 3.63) is 392 Å². The van der Waals surface area contributed by atoms with Crippen LogP contribution in [0.3, 0.4) is 0 Å². The zero-order valence-electron chi connectivity index (χ0n) is 52.6. The summed E-state index contributed by atoms with van der Waals surface area (Å²) in [6, 6.07) is 123. The number of nitrogens with zero attached hydrogens (tertiary/aromatic N) is 2. The molecule has 3 nitrogen and oxygen atoms in total. The van der Waals surface area contributed by atoms with E-state index >= 15 is 0 Å². The lowest BCUT2D eigenvalue weighted by molar-refractivity contribution is 0.670. The summed E-state index contributed by atoms with van der Waals surface area (Å²) >= 11 is 0. The molecule has 0 bridgehead atoms. The van der Waals surface area contributed by atoms with Crippen LogP contribution in [0.15, 0.2) is 369 Å². The first kappa shape index (κ1) is 56.7. The number of allylic oxidation sites excluding steroid dienone is 5. The van der Waals surface area contributed by atoms with Crippen LogP contribution < -0.4 is 9.80 Å². The third kappa shape index (κ3) is 9.67.